The average molecular weight is 380 g/mol. The molecule has 0 aliphatic rings. The number of aromatic nitrogens is 3. The molecule has 0 amide bonds. The monoisotopic (exact) mass is 379 g/mol. The van der Waals surface area contributed by atoms with E-state index in [2.05, 4.69) is 29.6 Å². The quantitative estimate of drug-likeness (QED) is 0.374. The van der Waals surface area contributed by atoms with Crippen LogP contribution in [-0.2, 0) is 4.74 Å². The number of carbonyl (C=O) groups is 1. The first-order chi connectivity index (χ1) is 11.3. The molecule has 3 rings (SSSR count). The molecule has 3 aromatic rings. The molecule has 0 fully saturated rings. The number of hydrogen-bond donors (Lipinski definition) is 0. The first-order valence-corrected chi connectivity index (χ1v) is 12.3. The molecule has 3 heterocycles. The summed E-state index contributed by atoms with van der Waals surface area (Å²) in [5, 5.41) is 2.62. The normalized spacial score (nSPS) is 13.4. The van der Waals surface area contributed by atoms with E-state index in [1.54, 1.807) is 13.2 Å². The lowest BCUT2D eigenvalue weighted by atomic mass is 10.2. The summed E-state index contributed by atoms with van der Waals surface area (Å²) in [4.78, 5) is 21.9. The maximum Gasteiger partial charge on any atom is 0.225 e. The van der Waals surface area contributed by atoms with Crippen LogP contribution in [0.15, 0.2) is 29.8 Å². The van der Waals surface area contributed by atoms with Gasteiger partial charge in [0.1, 0.15) is 25.3 Å². The summed E-state index contributed by atoms with van der Waals surface area (Å²) in [7, 11) is 0.0206. The second kappa shape index (κ2) is 6.40. The number of rotatable bonds is 5. The lowest BCUT2D eigenvalue weighted by molar-refractivity contribution is 0.103. The number of carbonyl (C=O) groups excluding carboxylic acids is 1. The standard InChI is InChI=1S/C16H18ClN3O2SSi/c1-22-16(24(2,3)4)20-8-7-10-12(18-15(17)19-14(10)20)13(21)11-6-5-9-23-11/h5-9,16H,1-4H3. The Hall–Kier alpha value is -1.54. The van der Waals surface area contributed by atoms with E-state index in [0.717, 1.165) is 0 Å². The van der Waals surface area contributed by atoms with E-state index in [1.165, 1.54) is 11.3 Å². The Bertz CT molecular complexity index is 887. The topological polar surface area (TPSA) is 57.0 Å². The van der Waals surface area contributed by atoms with Gasteiger partial charge in [0.05, 0.1) is 4.88 Å². The van der Waals surface area contributed by atoms with Crippen LogP contribution >= 0.6 is 22.9 Å². The van der Waals surface area contributed by atoms with E-state index in [9.17, 15) is 4.79 Å². The fourth-order valence-corrected chi connectivity index (χ4v) is 5.36. The highest BCUT2D eigenvalue weighted by molar-refractivity contribution is 7.12. The average Bonchev–Trinajstić information content (AvgIpc) is 3.15. The van der Waals surface area contributed by atoms with E-state index in [1.807, 2.05) is 28.3 Å². The van der Waals surface area contributed by atoms with Crippen LogP contribution in [0.2, 0.25) is 24.9 Å². The smallest absolute Gasteiger partial charge is 0.225 e. The number of methoxy groups -OCH3 is 1. The molecule has 126 valence electrons. The van der Waals surface area contributed by atoms with E-state index in [4.69, 9.17) is 16.3 Å². The van der Waals surface area contributed by atoms with Gasteiger partial charge in [-0.15, -0.1) is 11.3 Å². The summed E-state index contributed by atoms with van der Waals surface area (Å²) >= 11 is 7.49. The predicted octanol–water partition coefficient (Wildman–Crippen LogP) is 4.40. The number of fused-ring (bicyclic) bond motifs is 1. The number of halogens is 1. The van der Waals surface area contributed by atoms with Crippen molar-refractivity contribution < 1.29 is 9.53 Å². The molecule has 0 aromatic carbocycles. The van der Waals surface area contributed by atoms with Crippen molar-refractivity contribution in [2.24, 2.45) is 0 Å². The minimum absolute atomic E-state index is 0.0628. The largest absolute Gasteiger partial charge is 0.365 e. The lowest BCUT2D eigenvalue weighted by Crippen LogP contribution is -2.36. The molecule has 8 heteroatoms. The van der Waals surface area contributed by atoms with Crippen molar-refractivity contribution in [3.63, 3.8) is 0 Å². The third-order valence-electron chi connectivity index (χ3n) is 3.72. The minimum atomic E-state index is -1.67. The highest BCUT2D eigenvalue weighted by Gasteiger charge is 2.30. The fraction of sp³-hybridized carbons (Fsp3) is 0.312. The summed E-state index contributed by atoms with van der Waals surface area (Å²) in [6.07, 6.45) is 1.90. The van der Waals surface area contributed by atoms with E-state index < -0.39 is 8.07 Å². The van der Waals surface area contributed by atoms with Crippen molar-refractivity contribution in [2.45, 2.75) is 25.5 Å². The molecular weight excluding hydrogens is 362 g/mol. The highest BCUT2D eigenvalue weighted by Crippen LogP contribution is 2.29. The molecule has 0 spiro atoms. The van der Waals surface area contributed by atoms with Crippen LogP contribution in [0.25, 0.3) is 11.0 Å². The van der Waals surface area contributed by atoms with Crippen molar-refractivity contribution in [3.8, 4) is 0 Å². The van der Waals surface area contributed by atoms with Crippen LogP contribution < -0.4 is 0 Å². The molecule has 0 saturated carbocycles. The van der Waals surface area contributed by atoms with Gasteiger partial charge in [0, 0.05) is 18.7 Å². The van der Waals surface area contributed by atoms with Crippen LogP contribution in [0.3, 0.4) is 0 Å². The van der Waals surface area contributed by atoms with E-state index >= 15 is 0 Å². The summed E-state index contributed by atoms with van der Waals surface area (Å²) in [6.45, 7) is 6.65. The molecule has 3 aromatic heterocycles. The Morgan fingerprint density at radius 2 is 2.08 bits per heavy atom. The van der Waals surface area contributed by atoms with Crippen LogP contribution in [0.1, 0.15) is 21.2 Å². The first-order valence-electron chi connectivity index (χ1n) is 7.48. The zero-order valence-electron chi connectivity index (χ0n) is 13.9. The maximum atomic E-state index is 12.7. The first kappa shape index (κ1) is 17.3. The highest BCUT2D eigenvalue weighted by atomic mass is 35.5. The van der Waals surface area contributed by atoms with Gasteiger partial charge >= 0.3 is 0 Å². The van der Waals surface area contributed by atoms with E-state index in [-0.39, 0.29) is 16.9 Å². The van der Waals surface area contributed by atoms with Gasteiger partial charge in [-0.05, 0) is 29.1 Å². The minimum Gasteiger partial charge on any atom is -0.365 e. The zero-order chi connectivity index (χ0) is 17.5. The number of ketones is 1. The molecule has 1 atom stereocenters. The molecule has 0 saturated heterocycles. The molecule has 0 aliphatic carbocycles. The lowest BCUT2D eigenvalue weighted by Gasteiger charge is -2.29. The summed E-state index contributed by atoms with van der Waals surface area (Å²) in [5.74, 6) is -0.246. The van der Waals surface area contributed by atoms with Crippen molar-refractivity contribution in [1.82, 2.24) is 14.5 Å². The van der Waals surface area contributed by atoms with Gasteiger partial charge in [0.2, 0.25) is 11.1 Å². The van der Waals surface area contributed by atoms with E-state index in [0.29, 0.717) is 21.6 Å². The van der Waals surface area contributed by atoms with Crippen LogP contribution in [0, 0.1) is 0 Å². The van der Waals surface area contributed by atoms with Gasteiger partial charge in [-0.2, -0.15) is 4.98 Å². The Kier molecular flexibility index (Phi) is 4.61. The molecule has 0 N–H and O–H groups in total. The number of ether oxygens (including phenoxy) is 1. The third kappa shape index (κ3) is 3.04. The van der Waals surface area contributed by atoms with Gasteiger partial charge in [-0.1, -0.05) is 25.7 Å². The van der Waals surface area contributed by atoms with Gasteiger partial charge in [0.15, 0.2) is 0 Å². The van der Waals surface area contributed by atoms with Crippen molar-refractivity contribution in [3.05, 3.63) is 45.6 Å². The van der Waals surface area contributed by atoms with Crippen LogP contribution in [-0.4, -0.2) is 35.5 Å². The summed E-state index contributed by atoms with van der Waals surface area (Å²) < 4.78 is 7.68. The van der Waals surface area contributed by atoms with Crippen molar-refractivity contribution in [2.75, 3.05) is 7.11 Å². The summed E-state index contributed by atoms with van der Waals surface area (Å²) in [5.41, 5.74) is 0.959. The molecule has 0 radical (unpaired) electrons. The van der Waals surface area contributed by atoms with Gasteiger partial charge < -0.3 is 9.30 Å². The Balaban J connectivity index is 2.19. The maximum absolute atomic E-state index is 12.7. The van der Waals surface area contributed by atoms with Crippen LogP contribution in [0.4, 0.5) is 0 Å². The zero-order valence-corrected chi connectivity index (χ0v) is 16.5. The van der Waals surface area contributed by atoms with Gasteiger partial charge in [-0.25, -0.2) is 4.98 Å². The Morgan fingerprint density at radius 1 is 1.33 bits per heavy atom. The predicted molar refractivity (Wildman–Crippen MR) is 99.7 cm³/mol. The van der Waals surface area contributed by atoms with Gasteiger partial charge in [-0.3, -0.25) is 4.79 Å². The molecule has 1 unspecified atom stereocenters. The second-order valence-electron chi connectivity index (χ2n) is 6.56. The molecule has 0 bridgehead atoms. The number of thiophene rings is 1. The fourth-order valence-electron chi connectivity index (χ4n) is 2.78. The van der Waals surface area contributed by atoms with Crippen molar-refractivity contribution in [1.29, 1.82) is 0 Å². The van der Waals surface area contributed by atoms with Crippen molar-refractivity contribution >= 4 is 47.8 Å². The number of nitrogens with zero attached hydrogens (tertiary/aromatic N) is 3. The second-order valence-corrected chi connectivity index (χ2v) is 13.1. The molecule has 24 heavy (non-hydrogen) atoms. The number of hydrogen-bond acceptors (Lipinski definition) is 5. The van der Waals surface area contributed by atoms with Crippen LogP contribution in [0.5, 0.6) is 0 Å². The molecular formula is C16H18ClN3O2SSi. The molecule has 0 aliphatic heterocycles. The Labute approximate surface area is 150 Å². The third-order valence-corrected chi connectivity index (χ3v) is 6.75. The summed E-state index contributed by atoms with van der Waals surface area (Å²) in [6, 6.07) is 5.49. The SMILES string of the molecule is COC(n1ccc2c(C(=O)c3cccs3)nc(Cl)nc21)[Si](C)(C)C. The Morgan fingerprint density at radius 3 is 2.67 bits per heavy atom. The van der Waals surface area contributed by atoms with Gasteiger partial charge in [0.25, 0.3) is 0 Å². The molecule has 5 nitrogen and oxygen atoms in total.